The molecule has 1 spiro atoms. The summed E-state index contributed by atoms with van der Waals surface area (Å²) in [6, 6.07) is 0. The van der Waals surface area contributed by atoms with Gasteiger partial charge in [0.2, 0.25) is 6.29 Å². The molecule has 11 atom stereocenters. The predicted octanol–water partition coefficient (Wildman–Crippen LogP) is 2.60. The molecule has 6 rings (SSSR count). The second-order valence-corrected chi connectivity index (χ2v) is 14.1. The lowest BCUT2D eigenvalue weighted by Gasteiger charge is -2.68. The maximum Gasteiger partial charge on any atom is 0.339 e. The Morgan fingerprint density at radius 3 is 2.14 bits per heavy atom. The highest BCUT2D eigenvalue weighted by molar-refractivity contribution is 5.83. The maximum absolute atomic E-state index is 13.5. The Hall–Kier alpha value is -2.86. The minimum Gasteiger partial charge on any atom is -0.481 e. The SMILES string of the molecule is CC(=O)OC1CC(=O)OC(C)(C)C2CC(OC(C)=O)C3(C)C(CCC4(C)C(C5=C(O)OC(O)C5)OC(=O)C5OC543)C12C. The fraction of sp³-hybridized carbons (Fsp3) is 0.800. The van der Waals surface area contributed by atoms with Gasteiger partial charge in [-0.25, -0.2) is 4.79 Å². The maximum atomic E-state index is 13.5. The number of carbonyl (C=O) groups is 4. The van der Waals surface area contributed by atoms with Crippen LogP contribution in [0.4, 0.5) is 0 Å². The van der Waals surface area contributed by atoms with E-state index in [1.54, 1.807) is 0 Å². The quantitative estimate of drug-likeness (QED) is 0.280. The average molecular weight is 593 g/mol. The molecule has 11 unspecified atom stereocenters. The van der Waals surface area contributed by atoms with Crippen LogP contribution in [-0.2, 0) is 47.6 Å². The second kappa shape index (κ2) is 8.84. The van der Waals surface area contributed by atoms with Gasteiger partial charge in [-0.05, 0) is 39.0 Å². The van der Waals surface area contributed by atoms with E-state index >= 15 is 0 Å². The highest BCUT2D eigenvalue weighted by atomic mass is 16.7. The molecular weight excluding hydrogens is 552 g/mol. The molecule has 2 saturated carbocycles. The number of aliphatic hydroxyl groups is 2. The molecule has 5 fully saturated rings. The van der Waals surface area contributed by atoms with Crippen molar-refractivity contribution < 1.29 is 57.8 Å². The number of ether oxygens (including phenoxy) is 6. The number of epoxide rings is 1. The van der Waals surface area contributed by atoms with Crippen LogP contribution >= 0.6 is 0 Å². The Labute approximate surface area is 244 Å². The Morgan fingerprint density at radius 2 is 1.55 bits per heavy atom. The molecule has 0 bridgehead atoms. The van der Waals surface area contributed by atoms with Crippen LogP contribution in [0.3, 0.4) is 0 Å². The van der Waals surface area contributed by atoms with Crippen LogP contribution in [0.5, 0.6) is 0 Å². The molecule has 12 heteroatoms. The first-order valence-electron chi connectivity index (χ1n) is 14.6. The third-order valence-corrected chi connectivity index (χ3v) is 11.7. The van der Waals surface area contributed by atoms with E-state index in [4.69, 9.17) is 28.4 Å². The first-order chi connectivity index (χ1) is 19.4. The van der Waals surface area contributed by atoms with Gasteiger partial charge in [0.1, 0.15) is 29.5 Å². The van der Waals surface area contributed by atoms with Gasteiger partial charge in [-0.1, -0.05) is 20.8 Å². The second-order valence-electron chi connectivity index (χ2n) is 14.1. The molecule has 0 amide bonds. The van der Waals surface area contributed by atoms with Crippen LogP contribution in [0.1, 0.15) is 80.6 Å². The highest BCUT2D eigenvalue weighted by Crippen LogP contribution is 2.79. The molecule has 6 aliphatic rings. The molecule has 0 radical (unpaired) electrons. The van der Waals surface area contributed by atoms with Gasteiger partial charge in [0, 0.05) is 42.4 Å². The zero-order valence-electron chi connectivity index (χ0n) is 25.1. The van der Waals surface area contributed by atoms with Crippen molar-refractivity contribution in [2.24, 2.45) is 28.1 Å². The van der Waals surface area contributed by atoms with Gasteiger partial charge in [0.05, 0.1) is 12.0 Å². The fourth-order valence-electron chi connectivity index (χ4n) is 10.2. The molecule has 3 saturated heterocycles. The summed E-state index contributed by atoms with van der Waals surface area (Å²) in [5.74, 6) is -3.39. The Kier molecular flexibility index (Phi) is 6.15. The van der Waals surface area contributed by atoms with Crippen molar-refractivity contribution in [3.8, 4) is 0 Å². The van der Waals surface area contributed by atoms with Crippen molar-refractivity contribution in [3.05, 3.63) is 11.5 Å². The summed E-state index contributed by atoms with van der Waals surface area (Å²) in [7, 11) is 0. The van der Waals surface area contributed by atoms with Crippen LogP contribution in [0.15, 0.2) is 11.5 Å². The summed E-state index contributed by atoms with van der Waals surface area (Å²) in [5, 5.41) is 20.7. The molecular formula is C30H40O12. The minimum atomic E-state index is -1.28. The summed E-state index contributed by atoms with van der Waals surface area (Å²) in [6.45, 7) is 12.2. The monoisotopic (exact) mass is 592 g/mol. The number of aliphatic hydroxyl groups excluding tert-OH is 2. The number of rotatable bonds is 3. The highest BCUT2D eigenvalue weighted by Gasteiger charge is 2.89. The van der Waals surface area contributed by atoms with Crippen molar-refractivity contribution in [1.29, 1.82) is 0 Å². The lowest BCUT2D eigenvalue weighted by atomic mass is 9.36. The van der Waals surface area contributed by atoms with E-state index in [1.807, 2.05) is 34.6 Å². The third-order valence-electron chi connectivity index (χ3n) is 11.7. The Bertz CT molecular complexity index is 1290. The van der Waals surface area contributed by atoms with Crippen LogP contribution in [-0.4, -0.2) is 76.0 Å². The van der Waals surface area contributed by atoms with Gasteiger partial charge in [0.25, 0.3) is 5.95 Å². The molecule has 4 aliphatic heterocycles. The Morgan fingerprint density at radius 1 is 0.905 bits per heavy atom. The van der Waals surface area contributed by atoms with E-state index in [1.165, 1.54) is 13.8 Å². The normalized spacial score (nSPS) is 48.6. The van der Waals surface area contributed by atoms with Crippen molar-refractivity contribution in [2.45, 2.75) is 122 Å². The predicted molar refractivity (Wildman–Crippen MR) is 140 cm³/mol. The van der Waals surface area contributed by atoms with E-state index in [0.29, 0.717) is 12.8 Å². The molecule has 12 nitrogen and oxygen atoms in total. The average Bonchev–Trinajstić information content (AvgIpc) is 3.56. The van der Waals surface area contributed by atoms with E-state index in [2.05, 4.69) is 0 Å². The van der Waals surface area contributed by atoms with E-state index in [9.17, 15) is 29.4 Å². The fourth-order valence-corrected chi connectivity index (χ4v) is 10.2. The Balaban J connectivity index is 1.56. The summed E-state index contributed by atoms with van der Waals surface area (Å²) >= 11 is 0. The molecule has 42 heavy (non-hydrogen) atoms. The van der Waals surface area contributed by atoms with Crippen molar-refractivity contribution in [2.75, 3.05) is 0 Å². The van der Waals surface area contributed by atoms with E-state index in [-0.39, 0.29) is 30.8 Å². The first kappa shape index (κ1) is 29.2. The van der Waals surface area contributed by atoms with Crippen LogP contribution < -0.4 is 0 Å². The number of esters is 4. The molecule has 2 aliphatic carbocycles. The van der Waals surface area contributed by atoms with Crippen molar-refractivity contribution >= 4 is 23.9 Å². The van der Waals surface area contributed by atoms with Crippen molar-refractivity contribution in [1.82, 2.24) is 0 Å². The van der Waals surface area contributed by atoms with Gasteiger partial charge < -0.3 is 38.6 Å². The number of hydrogen-bond acceptors (Lipinski definition) is 12. The number of hydrogen-bond donors (Lipinski definition) is 2. The summed E-state index contributed by atoms with van der Waals surface area (Å²) in [6.07, 6.45) is -3.81. The van der Waals surface area contributed by atoms with Gasteiger partial charge >= 0.3 is 23.9 Å². The molecule has 4 heterocycles. The molecule has 0 aromatic carbocycles. The largest absolute Gasteiger partial charge is 0.481 e. The van der Waals surface area contributed by atoms with Crippen molar-refractivity contribution in [3.63, 3.8) is 0 Å². The smallest absolute Gasteiger partial charge is 0.339 e. The topological polar surface area (TPSA) is 167 Å². The molecule has 0 aromatic heterocycles. The number of cyclic esters (lactones) is 2. The zero-order chi connectivity index (χ0) is 30.8. The van der Waals surface area contributed by atoms with Gasteiger partial charge in [-0.15, -0.1) is 0 Å². The first-order valence-corrected chi connectivity index (χ1v) is 14.6. The number of fused-ring (bicyclic) bond motifs is 3. The lowest BCUT2D eigenvalue weighted by molar-refractivity contribution is -0.274. The summed E-state index contributed by atoms with van der Waals surface area (Å²) in [5.41, 5.74) is -4.74. The standard InChI is InChI=1S/C30H40O12/c1-13(31)37-18-12-21(34)41-26(3,4)17-11-19(38-14(2)32)29(7)16(28(17,18)6)8-9-27(5)22(15-10-20(33)39-24(15)35)40-25(36)23-30(27,29)42-23/h16-20,22-23,33,35H,8-12H2,1-7H3. The van der Waals surface area contributed by atoms with Gasteiger partial charge in [0.15, 0.2) is 6.10 Å². The number of carbonyl (C=O) groups excluding carboxylic acids is 4. The molecule has 232 valence electrons. The van der Waals surface area contributed by atoms with Gasteiger partial charge in [-0.2, -0.15) is 0 Å². The molecule has 2 N–H and O–H groups in total. The summed E-state index contributed by atoms with van der Waals surface area (Å²) < 4.78 is 35.5. The zero-order valence-corrected chi connectivity index (χ0v) is 25.1. The minimum absolute atomic E-state index is 0.0460. The lowest BCUT2D eigenvalue weighted by Crippen LogP contribution is -2.75. The van der Waals surface area contributed by atoms with E-state index in [0.717, 1.165) is 0 Å². The van der Waals surface area contributed by atoms with E-state index < -0.39 is 93.9 Å². The molecule has 0 aromatic rings. The van der Waals surface area contributed by atoms with Crippen LogP contribution in [0, 0.1) is 28.1 Å². The van der Waals surface area contributed by atoms with Crippen LogP contribution in [0.25, 0.3) is 0 Å². The van der Waals surface area contributed by atoms with Crippen LogP contribution in [0.2, 0.25) is 0 Å². The third kappa shape index (κ3) is 3.54. The van der Waals surface area contributed by atoms with Gasteiger partial charge in [-0.3, -0.25) is 14.4 Å². The summed E-state index contributed by atoms with van der Waals surface area (Å²) in [4.78, 5) is 51.6.